The molecule has 1 unspecified atom stereocenters. The number of carboxylic acid groups (broad SMARTS) is 1. The summed E-state index contributed by atoms with van der Waals surface area (Å²) in [6.07, 6.45) is 0.456. The van der Waals surface area contributed by atoms with E-state index in [1.165, 1.54) is 52.7 Å². The van der Waals surface area contributed by atoms with Crippen LogP contribution in [0.1, 0.15) is 30.6 Å². The maximum Gasteiger partial charge on any atom is 0.352 e. The number of phenolic OH excluding ortho intramolecular Hbond substituents is 1. The molecular weight excluding hydrogens is 536 g/mol. The minimum atomic E-state index is -1.24. The molecule has 1 aromatic carbocycles. The molecule has 2 aliphatic heterocycles. The molecule has 202 valence electrons. The van der Waals surface area contributed by atoms with Gasteiger partial charge in [0.25, 0.3) is 5.91 Å². The highest BCUT2D eigenvalue weighted by Crippen LogP contribution is 2.41. The summed E-state index contributed by atoms with van der Waals surface area (Å²) in [4.78, 5) is 50.6. The van der Waals surface area contributed by atoms with Gasteiger partial charge in [0, 0.05) is 17.9 Å². The van der Waals surface area contributed by atoms with Crippen LogP contribution in [-0.4, -0.2) is 83.8 Å². The lowest BCUT2D eigenvalue weighted by Gasteiger charge is -2.49. The Morgan fingerprint density at radius 2 is 2.05 bits per heavy atom. The number of rotatable bonds is 11. The second-order valence-electron chi connectivity index (χ2n) is 8.39. The summed E-state index contributed by atoms with van der Waals surface area (Å²) in [5, 5.41) is 32.6. The first-order valence-corrected chi connectivity index (χ1v) is 13.7. The number of aryl methyl sites for hydroxylation is 1. The molecule has 1 aromatic heterocycles. The van der Waals surface area contributed by atoms with Crippen molar-refractivity contribution in [3.63, 3.8) is 0 Å². The molecule has 0 spiro atoms. The fraction of sp³-hybridized carbons (Fsp3) is 0.391. The maximum absolute atomic E-state index is 12.9. The molecule has 0 bridgehead atoms. The zero-order valence-corrected chi connectivity index (χ0v) is 21.9. The number of nitrogens with one attached hydrogen (secondary N) is 2. The second kappa shape index (κ2) is 11.9. The molecular formula is C23H26N6O7S2. The molecule has 2 aromatic rings. The fourth-order valence-corrected chi connectivity index (χ4v) is 6.45. The van der Waals surface area contributed by atoms with Gasteiger partial charge in [-0.3, -0.25) is 19.3 Å². The highest BCUT2D eigenvalue weighted by Gasteiger charge is 2.54. The number of carbonyl (C=O) groups is 4. The van der Waals surface area contributed by atoms with Gasteiger partial charge in [-0.1, -0.05) is 23.9 Å². The zero-order valence-electron chi connectivity index (χ0n) is 20.2. The van der Waals surface area contributed by atoms with E-state index >= 15 is 0 Å². The number of nitrogens with two attached hydrogens (primary N) is 1. The van der Waals surface area contributed by atoms with Crippen molar-refractivity contribution in [1.82, 2.24) is 25.6 Å². The summed E-state index contributed by atoms with van der Waals surface area (Å²) in [5.41, 5.74) is 7.45. The predicted octanol–water partition coefficient (Wildman–Crippen LogP) is 0.537. The number of benzene rings is 1. The van der Waals surface area contributed by atoms with Crippen LogP contribution in [0.15, 0.2) is 40.6 Å². The van der Waals surface area contributed by atoms with Crippen LogP contribution >= 0.6 is 23.5 Å². The third kappa shape index (κ3) is 5.79. The van der Waals surface area contributed by atoms with Crippen molar-refractivity contribution in [3.05, 3.63) is 46.8 Å². The Morgan fingerprint density at radius 3 is 2.74 bits per heavy atom. The number of fused-ring (bicyclic) bond motifs is 1. The van der Waals surface area contributed by atoms with Gasteiger partial charge in [0.2, 0.25) is 5.91 Å². The number of phenols is 1. The quantitative estimate of drug-likeness (QED) is 0.145. The zero-order chi connectivity index (χ0) is 27.4. The van der Waals surface area contributed by atoms with Gasteiger partial charge in [0.1, 0.15) is 33.9 Å². The first-order chi connectivity index (χ1) is 18.2. The molecule has 38 heavy (non-hydrogen) atoms. The summed E-state index contributed by atoms with van der Waals surface area (Å²) in [7, 11) is 0. The highest BCUT2D eigenvalue weighted by atomic mass is 32.2. The molecule has 0 radical (unpaired) electrons. The van der Waals surface area contributed by atoms with Gasteiger partial charge in [0.05, 0.1) is 18.7 Å². The molecule has 1 fully saturated rings. The Hall–Kier alpha value is -3.56. The molecule has 0 saturated carbocycles. The van der Waals surface area contributed by atoms with Gasteiger partial charge in [0.15, 0.2) is 0 Å². The molecule has 2 aliphatic rings. The maximum atomic E-state index is 12.9. The lowest BCUT2D eigenvalue weighted by Crippen LogP contribution is -2.71. The second-order valence-corrected chi connectivity index (χ2v) is 10.5. The Kier molecular flexibility index (Phi) is 8.58. The van der Waals surface area contributed by atoms with Gasteiger partial charge < -0.3 is 26.0 Å². The topological polar surface area (TPSA) is 201 Å². The van der Waals surface area contributed by atoms with Crippen LogP contribution in [0.3, 0.4) is 0 Å². The average molecular weight is 563 g/mol. The molecule has 2 amide bonds. The van der Waals surface area contributed by atoms with Crippen LogP contribution < -0.4 is 11.1 Å². The summed E-state index contributed by atoms with van der Waals surface area (Å²) in [5.74, 6) is -2.11. The standard InChI is InChI=1S/C23H26N6O7S2/c1-2-36-15(31)8-7-14-20(27-28-26-14)37-9-12-10-38-22-17(21(33)29(22)18(12)23(34)35)25-19(32)16(24)11-3-5-13(30)6-4-11/h3-6,16-17,22,30H,2,7-10,24H2,1H3,(H,25,32)(H,34,35)(H,26,27,28)/t16-,17?,22-/m1/s1. The van der Waals surface area contributed by atoms with E-state index < -0.39 is 35.2 Å². The van der Waals surface area contributed by atoms with Crippen LogP contribution in [0.2, 0.25) is 0 Å². The minimum Gasteiger partial charge on any atom is -0.508 e. The molecule has 0 aliphatic carbocycles. The summed E-state index contributed by atoms with van der Waals surface area (Å²) in [6, 6.07) is 3.85. The number of amides is 2. The number of carboxylic acids is 1. The monoisotopic (exact) mass is 562 g/mol. The largest absolute Gasteiger partial charge is 0.508 e. The van der Waals surface area contributed by atoms with Crippen LogP contribution in [0, 0.1) is 0 Å². The van der Waals surface area contributed by atoms with E-state index in [4.69, 9.17) is 10.5 Å². The third-order valence-corrected chi connectivity index (χ3v) is 8.35. The number of hydrogen-bond acceptors (Lipinski definition) is 11. The Balaban J connectivity index is 1.40. The van der Waals surface area contributed by atoms with Gasteiger partial charge in [-0.25, -0.2) is 4.79 Å². The molecule has 4 rings (SSSR count). The number of nitrogens with zero attached hydrogens (tertiary/aromatic N) is 3. The number of thioether (sulfide) groups is 2. The number of aromatic nitrogens is 3. The predicted molar refractivity (Wildman–Crippen MR) is 137 cm³/mol. The van der Waals surface area contributed by atoms with Crippen LogP contribution in [0.25, 0.3) is 0 Å². The molecule has 3 atom stereocenters. The number of carbonyl (C=O) groups excluding carboxylic acids is 3. The van der Waals surface area contributed by atoms with E-state index in [1.807, 2.05) is 0 Å². The number of ether oxygens (including phenoxy) is 1. The van der Waals surface area contributed by atoms with E-state index in [1.54, 1.807) is 6.92 Å². The van der Waals surface area contributed by atoms with Gasteiger partial charge >= 0.3 is 11.9 Å². The van der Waals surface area contributed by atoms with Crippen molar-refractivity contribution >= 4 is 47.3 Å². The van der Waals surface area contributed by atoms with Crippen LogP contribution in [0.4, 0.5) is 0 Å². The summed E-state index contributed by atoms with van der Waals surface area (Å²) < 4.78 is 4.93. The van der Waals surface area contributed by atoms with Gasteiger partial charge in [-0.15, -0.1) is 16.9 Å². The smallest absolute Gasteiger partial charge is 0.352 e. The number of β-lactam (4-membered cyclic amide) rings is 1. The third-order valence-electron chi connectivity index (χ3n) is 5.92. The SMILES string of the molecule is CCOC(=O)CCc1n[nH]nc1SCC1=C(C(=O)O)N2C(=O)C(NC(=O)[C@H](N)c3ccc(O)cc3)[C@H]2SC1. The first kappa shape index (κ1) is 27.5. The Labute approximate surface area is 225 Å². The summed E-state index contributed by atoms with van der Waals surface area (Å²) in [6.45, 7) is 2.01. The van der Waals surface area contributed by atoms with E-state index in [0.717, 1.165) is 0 Å². The molecule has 6 N–H and O–H groups in total. The molecule has 3 heterocycles. The van der Waals surface area contributed by atoms with Gasteiger partial charge in [-0.05, 0) is 30.2 Å². The normalized spacial score (nSPS) is 19.4. The summed E-state index contributed by atoms with van der Waals surface area (Å²) >= 11 is 2.60. The van der Waals surface area contributed by atoms with Crippen molar-refractivity contribution in [1.29, 1.82) is 0 Å². The lowest BCUT2D eigenvalue weighted by atomic mass is 10.0. The fourth-order valence-electron chi connectivity index (χ4n) is 4.00. The van der Waals surface area contributed by atoms with Crippen molar-refractivity contribution in [2.24, 2.45) is 5.73 Å². The molecule has 1 saturated heterocycles. The first-order valence-electron chi connectivity index (χ1n) is 11.6. The Bertz CT molecular complexity index is 1270. The van der Waals surface area contributed by atoms with E-state index in [-0.39, 0.29) is 36.2 Å². The minimum absolute atomic E-state index is 0.0307. The number of aliphatic carboxylic acids is 1. The van der Waals surface area contributed by atoms with Gasteiger partial charge in [-0.2, -0.15) is 10.3 Å². The van der Waals surface area contributed by atoms with Crippen molar-refractivity contribution in [3.8, 4) is 5.75 Å². The lowest BCUT2D eigenvalue weighted by molar-refractivity contribution is -0.150. The van der Waals surface area contributed by atoms with Crippen LogP contribution in [0.5, 0.6) is 5.75 Å². The molecule has 15 heteroatoms. The average Bonchev–Trinajstić information content (AvgIpc) is 3.36. The number of aromatic hydroxyl groups is 1. The van der Waals surface area contributed by atoms with Crippen molar-refractivity contribution < 1.29 is 34.1 Å². The number of aromatic amines is 1. The number of H-pyrrole nitrogens is 1. The van der Waals surface area contributed by atoms with Crippen molar-refractivity contribution in [2.75, 3.05) is 18.1 Å². The van der Waals surface area contributed by atoms with E-state index in [2.05, 4.69) is 20.7 Å². The number of hydrogen-bond donors (Lipinski definition) is 5. The van der Waals surface area contributed by atoms with E-state index in [9.17, 15) is 29.4 Å². The van der Waals surface area contributed by atoms with Crippen LogP contribution in [-0.2, 0) is 30.3 Å². The number of esters is 1. The molecule has 13 nitrogen and oxygen atoms in total. The highest BCUT2D eigenvalue weighted by molar-refractivity contribution is 8.01. The van der Waals surface area contributed by atoms with E-state index in [0.29, 0.717) is 34.0 Å². The van der Waals surface area contributed by atoms with Crippen molar-refractivity contribution in [2.45, 2.75) is 42.2 Å². The Morgan fingerprint density at radius 1 is 1.32 bits per heavy atom.